The van der Waals surface area contributed by atoms with Crippen LogP contribution >= 0.6 is 15.9 Å². The number of benzene rings is 3. The zero-order valence-corrected chi connectivity index (χ0v) is 14.9. The molecule has 3 rings (SSSR count). The Hall–Kier alpha value is -2.39. The Kier molecular flexibility index (Phi) is 5.11. The number of rotatable bonds is 4. The highest BCUT2D eigenvalue weighted by molar-refractivity contribution is 9.10. The molecule has 120 valence electrons. The predicted molar refractivity (Wildman–Crippen MR) is 99.2 cm³/mol. The largest absolute Gasteiger partial charge is 0.425 e. The van der Waals surface area contributed by atoms with Gasteiger partial charge in [0.05, 0.1) is 4.47 Å². The van der Waals surface area contributed by atoms with E-state index in [1.165, 1.54) is 0 Å². The number of halogens is 1. The molecule has 0 saturated heterocycles. The summed E-state index contributed by atoms with van der Waals surface area (Å²) < 4.78 is 6.46. The quantitative estimate of drug-likeness (QED) is 0.441. The Morgan fingerprint density at radius 2 is 1.42 bits per heavy atom. The molecule has 0 atom stereocenters. The van der Waals surface area contributed by atoms with Gasteiger partial charge in [0.1, 0.15) is 11.7 Å². The van der Waals surface area contributed by atoms with Crippen molar-refractivity contribution in [1.82, 2.24) is 0 Å². The fraction of sp³-hybridized carbons (Fsp3) is 0.0952. The molecule has 3 heteroatoms. The third-order valence-corrected chi connectivity index (χ3v) is 4.42. The molecule has 0 N–H and O–H groups in total. The lowest BCUT2D eigenvalue weighted by Gasteiger charge is -2.17. The molecule has 24 heavy (non-hydrogen) atoms. The number of carbonyl (C=O) groups excluding carboxylic acids is 1. The van der Waals surface area contributed by atoms with E-state index in [1.54, 1.807) is 0 Å². The Balaban J connectivity index is 1.95. The average Bonchev–Trinajstić information content (AvgIpc) is 2.60. The van der Waals surface area contributed by atoms with Crippen LogP contribution < -0.4 is 4.74 Å². The molecule has 0 unspecified atom stereocenters. The lowest BCUT2D eigenvalue weighted by atomic mass is 9.91. The summed E-state index contributed by atoms with van der Waals surface area (Å²) in [5.41, 5.74) is 2.93. The van der Waals surface area contributed by atoms with Crippen molar-refractivity contribution in [3.8, 4) is 5.75 Å². The second kappa shape index (κ2) is 7.45. The van der Waals surface area contributed by atoms with Crippen molar-refractivity contribution in [3.63, 3.8) is 0 Å². The van der Waals surface area contributed by atoms with Crippen LogP contribution in [0.15, 0.2) is 83.3 Å². The Morgan fingerprint density at radius 3 is 1.92 bits per heavy atom. The Labute approximate surface area is 150 Å². The SMILES string of the molecule is Cc1ccc(OC(=O)C(c2ccccc2)c2ccccc2)c(Br)c1. The summed E-state index contributed by atoms with van der Waals surface area (Å²) in [5.74, 6) is -0.222. The van der Waals surface area contributed by atoms with Crippen LogP contribution in [0.25, 0.3) is 0 Å². The maximum absolute atomic E-state index is 12.9. The van der Waals surface area contributed by atoms with Crippen LogP contribution in [0.4, 0.5) is 0 Å². The van der Waals surface area contributed by atoms with Gasteiger partial charge in [-0.2, -0.15) is 0 Å². The monoisotopic (exact) mass is 380 g/mol. The van der Waals surface area contributed by atoms with Crippen LogP contribution in [0.1, 0.15) is 22.6 Å². The first-order chi connectivity index (χ1) is 11.6. The lowest BCUT2D eigenvalue weighted by Crippen LogP contribution is -2.20. The third kappa shape index (κ3) is 3.74. The van der Waals surface area contributed by atoms with Gasteiger partial charge in [0.2, 0.25) is 0 Å². The first kappa shape index (κ1) is 16.5. The Morgan fingerprint density at radius 1 is 0.875 bits per heavy atom. The van der Waals surface area contributed by atoms with Gasteiger partial charge in [0, 0.05) is 0 Å². The number of ether oxygens (including phenoxy) is 1. The second-order valence-electron chi connectivity index (χ2n) is 5.61. The fourth-order valence-corrected chi connectivity index (χ4v) is 3.19. The Bertz CT molecular complexity index is 789. The van der Waals surface area contributed by atoms with Crippen molar-refractivity contribution in [2.24, 2.45) is 0 Å². The summed E-state index contributed by atoms with van der Waals surface area (Å²) in [6.45, 7) is 1.99. The van der Waals surface area contributed by atoms with Crippen LogP contribution in [-0.4, -0.2) is 5.97 Å². The number of aryl methyl sites for hydroxylation is 1. The zero-order chi connectivity index (χ0) is 16.9. The van der Waals surface area contributed by atoms with E-state index in [1.807, 2.05) is 85.8 Å². The van der Waals surface area contributed by atoms with Gasteiger partial charge in [-0.3, -0.25) is 4.79 Å². The molecule has 0 aliphatic heterocycles. The van der Waals surface area contributed by atoms with Gasteiger partial charge in [0.15, 0.2) is 0 Å². The van der Waals surface area contributed by atoms with Crippen LogP contribution in [-0.2, 0) is 4.79 Å². The van der Waals surface area contributed by atoms with Crippen molar-refractivity contribution in [2.75, 3.05) is 0 Å². The molecule has 0 fully saturated rings. The first-order valence-electron chi connectivity index (χ1n) is 7.73. The molecule has 0 amide bonds. The molecule has 0 saturated carbocycles. The van der Waals surface area contributed by atoms with Crippen molar-refractivity contribution >= 4 is 21.9 Å². The minimum Gasteiger partial charge on any atom is -0.425 e. The minimum absolute atomic E-state index is 0.294. The van der Waals surface area contributed by atoms with Gasteiger partial charge in [-0.1, -0.05) is 66.7 Å². The average molecular weight is 381 g/mol. The molecule has 3 aromatic rings. The topological polar surface area (TPSA) is 26.3 Å². The smallest absolute Gasteiger partial charge is 0.323 e. The highest BCUT2D eigenvalue weighted by Gasteiger charge is 2.25. The van der Waals surface area contributed by atoms with Crippen molar-refractivity contribution in [3.05, 3.63) is 100 Å². The summed E-state index contributed by atoms with van der Waals surface area (Å²) in [5, 5.41) is 0. The molecular weight excluding hydrogens is 364 g/mol. The van der Waals surface area contributed by atoms with E-state index in [4.69, 9.17) is 4.74 Å². The third-order valence-electron chi connectivity index (χ3n) is 3.80. The maximum atomic E-state index is 12.9. The normalized spacial score (nSPS) is 10.6. The highest BCUT2D eigenvalue weighted by Crippen LogP contribution is 2.30. The van der Waals surface area contributed by atoms with Crippen LogP contribution in [0.5, 0.6) is 5.75 Å². The molecule has 0 aromatic heterocycles. The fourth-order valence-electron chi connectivity index (χ4n) is 2.61. The van der Waals surface area contributed by atoms with E-state index in [-0.39, 0.29) is 5.97 Å². The minimum atomic E-state index is -0.458. The van der Waals surface area contributed by atoms with Gasteiger partial charge in [0.25, 0.3) is 0 Å². The van der Waals surface area contributed by atoms with Crippen molar-refractivity contribution in [2.45, 2.75) is 12.8 Å². The number of hydrogen-bond donors (Lipinski definition) is 0. The van der Waals surface area contributed by atoms with E-state index < -0.39 is 5.92 Å². The highest BCUT2D eigenvalue weighted by atomic mass is 79.9. The zero-order valence-electron chi connectivity index (χ0n) is 13.3. The van der Waals surface area contributed by atoms with Crippen molar-refractivity contribution < 1.29 is 9.53 Å². The predicted octanol–water partition coefficient (Wildman–Crippen LogP) is 5.50. The van der Waals surface area contributed by atoms with E-state index >= 15 is 0 Å². The standard InChI is InChI=1S/C21H17BrO2/c1-15-12-13-19(18(22)14-15)24-21(23)20(16-8-4-2-5-9-16)17-10-6-3-7-11-17/h2-14,20H,1H3. The van der Waals surface area contributed by atoms with Gasteiger partial charge in [-0.05, 0) is 51.7 Å². The maximum Gasteiger partial charge on any atom is 0.323 e. The van der Waals surface area contributed by atoms with Gasteiger partial charge in [-0.25, -0.2) is 0 Å². The van der Waals surface area contributed by atoms with Gasteiger partial charge < -0.3 is 4.74 Å². The van der Waals surface area contributed by atoms with E-state index in [9.17, 15) is 4.79 Å². The van der Waals surface area contributed by atoms with Gasteiger partial charge >= 0.3 is 5.97 Å². The first-order valence-corrected chi connectivity index (χ1v) is 8.52. The molecule has 0 radical (unpaired) electrons. The summed E-state index contributed by atoms with van der Waals surface area (Å²) in [7, 11) is 0. The van der Waals surface area contributed by atoms with Crippen LogP contribution in [0.3, 0.4) is 0 Å². The van der Waals surface area contributed by atoms with Crippen LogP contribution in [0, 0.1) is 6.92 Å². The van der Waals surface area contributed by atoms with E-state index in [2.05, 4.69) is 15.9 Å². The summed E-state index contributed by atoms with van der Waals surface area (Å²) in [4.78, 5) is 12.9. The summed E-state index contributed by atoms with van der Waals surface area (Å²) in [6.07, 6.45) is 0. The lowest BCUT2D eigenvalue weighted by molar-refractivity contribution is -0.135. The van der Waals surface area contributed by atoms with Crippen LogP contribution in [0.2, 0.25) is 0 Å². The van der Waals surface area contributed by atoms with Crippen molar-refractivity contribution in [1.29, 1.82) is 0 Å². The number of esters is 1. The molecule has 2 nitrogen and oxygen atoms in total. The number of hydrogen-bond acceptors (Lipinski definition) is 2. The van der Waals surface area contributed by atoms with E-state index in [0.717, 1.165) is 21.2 Å². The summed E-state index contributed by atoms with van der Waals surface area (Å²) >= 11 is 3.46. The number of carbonyl (C=O) groups is 1. The molecule has 3 aromatic carbocycles. The van der Waals surface area contributed by atoms with Gasteiger partial charge in [-0.15, -0.1) is 0 Å². The summed E-state index contributed by atoms with van der Waals surface area (Å²) in [6, 6.07) is 25.1. The molecule has 0 spiro atoms. The van der Waals surface area contributed by atoms with E-state index in [0.29, 0.717) is 5.75 Å². The molecule has 0 aliphatic carbocycles. The molecular formula is C21H17BrO2. The molecule has 0 bridgehead atoms. The second-order valence-corrected chi connectivity index (χ2v) is 6.46. The molecule has 0 aliphatic rings. The molecule has 0 heterocycles.